The topological polar surface area (TPSA) is 43.4 Å². The van der Waals surface area contributed by atoms with Gasteiger partial charge in [-0.15, -0.1) is 0 Å². The van der Waals surface area contributed by atoms with Crippen LogP contribution in [-0.4, -0.2) is 18.4 Å². The van der Waals surface area contributed by atoms with E-state index >= 15 is 0 Å². The van der Waals surface area contributed by atoms with Gasteiger partial charge in [0.2, 0.25) is 0 Å². The van der Waals surface area contributed by atoms with Gasteiger partial charge in [0.25, 0.3) is 0 Å². The molecule has 0 saturated heterocycles. The predicted molar refractivity (Wildman–Crippen MR) is 111 cm³/mol. The van der Waals surface area contributed by atoms with Gasteiger partial charge in [0.1, 0.15) is 5.78 Å². The van der Waals surface area contributed by atoms with E-state index in [4.69, 9.17) is 27.9 Å². The maximum atomic E-state index is 12.2. The highest BCUT2D eigenvalue weighted by Gasteiger charge is 2.32. The van der Waals surface area contributed by atoms with E-state index in [1.54, 1.807) is 6.07 Å². The maximum absolute atomic E-state index is 12.2. The Hall–Kier alpha value is -1.32. The second-order valence-corrected chi connectivity index (χ2v) is 7.97. The van der Waals surface area contributed by atoms with Gasteiger partial charge in [0.05, 0.1) is 6.61 Å². The van der Waals surface area contributed by atoms with Crippen molar-refractivity contribution in [3.05, 3.63) is 39.9 Å². The summed E-state index contributed by atoms with van der Waals surface area (Å²) in [4.78, 5) is 23.6. The van der Waals surface area contributed by atoms with E-state index in [2.05, 4.69) is 6.08 Å². The molecule has 0 aromatic heterocycles. The first kappa shape index (κ1) is 22.0. The first-order chi connectivity index (χ1) is 13.0. The fourth-order valence-electron chi connectivity index (χ4n) is 3.67. The van der Waals surface area contributed by atoms with Crippen molar-refractivity contribution in [3.8, 4) is 0 Å². The number of halogens is 2. The molecule has 0 bridgehead atoms. The lowest BCUT2D eigenvalue weighted by atomic mass is 9.89. The molecule has 27 heavy (non-hydrogen) atoms. The fraction of sp³-hybridized carbons (Fsp3) is 0.545. The van der Waals surface area contributed by atoms with E-state index in [-0.39, 0.29) is 17.8 Å². The fourth-order valence-corrected chi connectivity index (χ4v) is 4.21. The third-order valence-electron chi connectivity index (χ3n) is 5.03. The number of esters is 1. The van der Waals surface area contributed by atoms with Crippen LogP contribution in [0.2, 0.25) is 10.0 Å². The van der Waals surface area contributed by atoms with Crippen molar-refractivity contribution in [2.75, 3.05) is 6.61 Å². The van der Waals surface area contributed by atoms with Crippen LogP contribution in [0, 0.1) is 11.8 Å². The van der Waals surface area contributed by atoms with Crippen LogP contribution in [0.15, 0.2) is 24.3 Å². The van der Waals surface area contributed by atoms with E-state index in [0.717, 1.165) is 44.1 Å². The number of ether oxygens (including phenoxy) is 1. The first-order valence-corrected chi connectivity index (χ1v) is 10.6. The minimum Gasteiger partial charge on any atom is -0.466 e. The zero-order valence-corrected chi connectivity index (χ0v) is 17.4. The van der Waals surface area contributed by atoms with Crippen molar-refractivity contribution < 1.29 is 14.3 Å². The number of unbranched alkanes of at least 4 members (excludes halogenated alkanes) is 3. The Morgan fingerprint density at radius 2 is 1.85 bits per heavy atom. The second-order valence-electron chi connectivity index (χ2n) is 7.10. The summed E-state index contributed by atoms with van der Waals surface area (Å²) in [5, 5.41) is 1.23. The molecule has 0 aliphatic heterocycles. The van der Waals surface area contributed by atoms with Gasteiger partial charge in [0, 0.05) is 28.8 Å². The molecule has 1 fully saturated rings. The molecule has 1 aliphatic carbocycles. The Morgan fingerprint density at radius 3 is 2.56 bits per heavy atom. The molecule has 1 saturated carbocycles. The summed E-state index contributed by atoms with van der Waals surface area (Å²) in [7, 11) is 0. The van der Waals surface area contributed by atoms with Crippen LogP contribution in [-0.2, 0) is 14.3 Å². The van der Waals surface area contributed by atoms with Crippen molar-refractivity contribution in [1.82, 2.24) is 0 Å². The number of Topliss-reactive ketones (excluding diaryl/α,β-unsaturated/α-hetero) is 1. The Balaban J connectivity index is 1.77. The lowest BCUT2D eigenvalue weighted by molar-refractivity contribution is -0.143. The van der Waals surface area contributed by atoms with E-state index < -0.39 is 0 Å². The largest absolute Gasteiger partial charge is 0.466 e. The van der Waals surface area contributed by atoms with Gasteiger partial charge in [-0.2, -0.15) is 0 Å². The Labute approximate surface area is 172 Å². The van der Waals surface area contributed by atoms with Gasteiger partial charge in [0.15, 0.2) is 0 Å². The molecule has 1 aromatic rings. The zero-order chi connectivity index (χ0) is 19.6. The SMILES string of the molecule is CCOC(=O)CCCCCCC1C(=O)CCC1C=Cc1cc(Cl)cc(Cl)c1. The summed E-state index contributed by atoms with van der Waals surface area (Å²) in [6.07, 6.45) is 11.1. The molecule has 0 radical (unpaired) electrons. The lowest BCUT2D eigenvalue weighted by Crippen LogP contribution is -2.13. The summed E-state index contributed by atoms with van der Waals surface area (Å²) in [6, 6.07) is 5.46. The summed E-state index contributed by atoms with van der Waals surface area (Å²) in [5.74, 6) is 0.658. The lowest BCUT2D eigenvalue weighted by Gasteiger charge is -2.15. The van der Waals surface area contributed by atoms with Gasteiger partial charge < -0.3 is 4.74 Å². The molecular weight excluding hydrogens is 383 g/mol. The molecular formula is C22H28Cl2O3. The summed E-state index contributed by atoms with van der Waals surface area (Å²) < 4.78 is 4.93. The number of hydrogen-bond donors (Lipinski definition) is 0. The number of benzene rings is 1. The van der Waals surface area contributed by atoms with Crippen molar-refractivity contribution in [3.63, 3.8) is 0 Å². The standard InChI is InChI=1S/C22H28Cl2O3/c1-2-27-22(26)8-6-4-3-5-7-20-17(11-12-21(20)25)10-9-16-13-18(23)15-19(24)14-16/h9-10,13-15,17,20H,2-8,11-12H2,1H3. The normalized spacial score (nSPS) is 19.7. The zero-order valence-electron chi connectivity index (χ0n) is 15.9. The average molecular weight is 411 g/mol. The number of carbonyl (C=O) groups is 2. The number of carbonyl (C=O) groups excluding carboxylic acids is 2. The molecule has 2 rings (SSSR count). The number of ketones is 1. The Bertz CT molecular complexity index is 649. The van der Waals surface area contributed by atoms with Crippen LogP contribution in [0.4, 0.5) is 0 Å². The van der Waals surface area contributed by atoms with E-state index in [1.165, 1.54) is 0 Å². The minimum absolute atomic E-state index is 0.112. The van der Waals surface area contributed by atoms with Crippen LogP contribution in [0.3, 0.4) is 0 Å². The molecule has 0 heterocycles. The molecule has 0 amide bonds. The second kappa shape index (κ2) is 11.5. The molecule has 148 valence electrons. The molecule has 5 heteroatoms. The molecule has 1 aliphatic rings. The highest BCUT2D eigenvalue weighted by Crippen LogP contribution is 2.34. The highest BCUT2D eigenvalue weighted by molar-refractivity contribution is 6.34. The first-order valence-electron chi connectivity index (χ1n) is 9.82. The molecule has 3 nitrogen and oxygen atoms in total. The van der Waals surface area contributed by atoms with Gasteiger partial charge in [-0.3, -0.25) is 9.59 Å². The van der Waals surface area contributed by atoms with Crippen LogP contribution in [0.5, 0.6) is 0 Å². The predicted octanol–water partition coefficient (Wildman–Crippen LogP) is 6.51. The van der Waals surface area contributed by atoms with E-state index in [1.807, 2.05) is 25.1 Å². The maximum Gasteiger partial charge on any atom is 0.305 e. The van der Waals surface area contributed by atoms with Crippen molar-refractivity contribution >= 4 is 41.0 Å². The van der Waals surface area contributed by atoms with Gasteiger partial charge in [-0.25, -0.2) is 0 Å². The Kier molecular flexibility index (Phi) is 9.36. The van der Waals surface area contributed by atoms with Crippen molar-refractivity contribution in [1.29, 1.82) is 0 Å². The van der Waals surface area contributed by atoms with Crippen LogP contribution >= 0.6 is 23.2 Å². The number of hydrogen-bond acceptors (Lipinski definition) is 3. The van der Waals surface area contributed by atoms with Gasteiger partial charge >= 0.3 is 5.97 Å². The minimum atomic E-state index is -0.116. The van der Waals surface area contributed by atoms with E-state index in [9.17, 15) is 9.59 Å². The Morgan fingerprint density at radius 1 is 1.15 bits per heavy atom. The monoisotopic (exact) mass is 410 g/mol. The number of rotatable bonds is 10. The van der Waals surface area contributed by atoms with Crippen LogP contribution in [0.25, 0.3) is 6.08 Å². The third-order valence-corrected chi connectivity index (χ3v) is 5.46. The quantitative estimate of drug-likeness (QED) is 0.326. The molecule has 0 spiro atoms. The van der Waals surface area contributed by atoms with Crippen molar-refractivity contribution in [2.45, 2.75) is 58.3 Å². The van der Waals surface area contributed by atoms with E-state index in [0.29, 0.717) is 35.3 Å². The van der Waals surface area contributed by atoms with Crippen molar-refractivity contribution in [2.24, 2.45) is 11.8 Å². The van der Waals surface area contributed by atoms with Gasteiger partial charge in [-0.05, 0) is 55.9 Å². The van der Waals surface area contributed by atoms with Crippen LogP contribution < -0.4 is 0 Å². The molecule has 2 unspecified atom stereocenters. The summed E-state index contributed by atoms with van der Waals surface area (Å²) in [5.41, 5.74) is 0.963. The molecule has 2 atom stereocenters. The average Bonchev–Trinajstić information content (AvgIpc) is 2.95. The molecule has 1 aromatic carbocycles. The summed E-state index contributed by atoms with van der Waals surface area (Å²) >= 11 is 12.1. The van der Waals surface area contributed by atoms with Gasteiger partial charge in [-0.1, -0.05) is 54.6 Å². The number of allylic oxidation sites excluding steroid dienone is 1. The third kappa shape index (κ3) is 7.67. The molecule has 0 N–H and O–H groups in total. The summed E-state index contributed by atoms with van der Waals surface area (Å²) in [6.45, 7) is 2.27. The highest BCUT2D eigenvalue weighted by atomic mass is 35.5. The smallest absolute Gasteiger partial charge is 0.305 e. The van der Waals surface area contributed by atoms with Crippen LogP contribution in [0.1, 0.15) is 63.9 Å².